The molecule has 1 aromatic heterocycles. The first-order valence-electron chi connectivity index (χ1n) is 6.41. The number of aliphatic hydroxyl groups excluding tert-OH is 1. The van der Waals surface area contributed by atoms with Gasteiger partial charge in [0.15, 0.2) is 5.82 Å². The fourth-order valence-corrected chi connectivity index (χ4v) is 2.27. The van der Waals surface area contributed by atoms with Crippen molar-refractivity contribution in [2.24, 2.45) is 5.92 Å². The highest BCUT2D eigenvalue weighted by molar-refractivity contribution is 4.88. The molecule has 0 bridgehead atoms. The minimum atomic E-state index is -0.224. The summed E-state index contributed by atoms with van der Waals surface area (Å²) in [5.74, 6) is 1.88. The highest BCUT2D eigenvalue weighted by Crippen LogP contribution is 2.21. The summed E-state index contributed by atoms with van der Waals surface area (Å²) >= 11 is 0. The summed E-state index contributed by atoms with van der Waals surface area (Å²) in [6.45, 7) is 6.59. The van der Waals surface area contributed by atoms with Crippen LogP contribution in [-0.4, -0.2) is 39.3 Å². The van der Waals surface area contributed by atoms with E-state index >= 15 is 0 Å². The van der Waals surface area contributed by atoms with Crippen molar-refractivity contribution in [3.05, 3.63) is 11.7 Å². The van der Waals surface area contributed by atoms with Crippen molar-refractivity contribution in [1.29, 1.82) is 0 Å². The molecule has 96 valence electrons. The van der Waals surface area contributed by atoms with Crippen LogP contribution < -0.4 is 0 Å². The second-order valence-corrected chi connectivity index (χ2v) is 4.88. The Morgan fingerprint density at radius 1 is 1.59 bits per heavy atom. The maximum Gasteiger partial charge on any atom is 0.240 e. The van der Waals surface area contributed by atoms with Crippen molar-refractivity contribution in [1.82, 2.24) is 15.0 Å². The molecule has 2 unspecified atom stereocenters. The van der Waals surface area contributed by atoms with Crippen LogP contribution in [0, 0.1) is 5.92 Å². The van der Waals surface area contributed by atoms with Crippen molar-refractivity contribution in [3.8, 4) is 0 Å². The normalized spacial score (nSPS) is 23.1. The monoisotopic (exact) mass is 239 g/mol. The summed E-state index contributed by atoms with van der Waals surface area (Å²) in [7, 11) is 0. The van der Waals surface area contributed by atoms with E-state index in [-0.39, 0.29) is 6.10 Å². The molecule has 5 nitrogen and oxygen atoms in total. The first-order chi connectivity index (χ1) is 8.19. The molecule has 2 heterocycles. The van der Waals surface area contributed by atoms with Gasteiger partial charge in [0, 0.05) is 13.0 Å². The van der Waals surface area contributed by atoms with Crippen LogP contribution in [0.4, 0.5) is 0 Å². The lowest BCUT2D eigenvalue weighted by Crippen LogP contribution is -2.24. The SMILES string of the molecule is CCCc1noc(CN2CCC(C(C)O)C2)n1. The minimum absolute atomic E-state index is 0.224. The van der Waals surface area contributed by atoms with Gasteiger partial charge in [-0.3, -0.25) is 4.90 Å². The summed E-state index contributed by atoms with van der Waals surface area (Å²) in [5.41, 5.74) is 0. The molecule has 0 amide bonds. The van der Waals surface area contributed by atoms with Crippen LogP contribution in [0.2, 0.25) is 0 Å². The summed E-state index contributed by atoms with van der Waals surface area (Å²) < 4.78 is 5.21. The number of likely N-dealkylation sites (tertiary alicyclic amines) is 1. The molecule has 0 aliphatic carbocycles. The third-order valence-electron chi connectivity index (χ3n) is 3.33. The molecule has 2 rings (SSSR count). The molecule has 0 spiro atoms. The van der Waals surface area contributed by atoms with Crippen LogP contribution in [0.15, 0.2) is 4.52 Å². The van der Waals surface area contributed by atoms with Crippen molar-refractivity contribution in [3.63, 3.8) is 0 Å². The Morgan fingerprint density at radius 3 is 3.06 bits per heavy atom. The van der Waals surface area contributed by atoms with E-state index in [0.29, 0.717) is 18.4 Å². The first-order valence-corrected chi connectivity index (χ1v) is 6.41. The first kappa shape index (κ1) is 12.5. The highest BCUT2D eigenvalue weighted by Gasteiger charge is 2.26. The van der Waals surface area contributed by atoms with E-state index in [9.17, 15) is 5.11 Å². The molecule has 2 atom stereocenters. The van der Waals surface area contributed by atoms with Crippen molar-refractivity contribution >= 4 is 0 Å². The molecule has 1 N–H and O–H groups in total. The van der Waals surface area contributed by atoms with E-state index < -0.39 is 0 Å². The van der Waals surface area contributed by atoms with E-state index in [4.69, 9.17) is 4.52 Å². The van der Waals surface area contributed by atoms with Gasteiger partial charge in [-0.1, -0.05) is 12.1 Å². The number of hydrogen-bond donors (Lipinski definition) is 1. The standard InChI is InChI=1S/C12H21N3O2/c1-3-4-11-13-12(17-14-11)8-15-6-5-10(7-15)9(2)16/h9-10,16H,3-8H2,1-2H3. The van der Waals surface area contributed by atoms with E-state index in [0.717, 1.165) is 38.2 Å². The lowest BCUT2D eigenvalue weighted by Gasteiger charge is -2.15. The Labute approximate surface area is 102 Å². The Hall–Kier alpha value is -0.940. The van der Waals surface area contributed by atoms with Crippen LogP contribution in [0.1, 0.15) is 38.4 Å². The number of nitrogens with zero attached hydrogens (tertiary/aromatic N) is 3. The molecule has 0 aromatic carbocycles. The summed E-state index contributed by atoms with van der Waals surface area (Å²) in [6.07, 6.45) is 2.73. The Bertz CT molecular complexity index is 351. The fraction of sp³-hybridized carbons (Fsp3) is 0.833. The second kappa shape index (κ2) is 5.60. The Morgan fingerprint density at radius 2 is 2.41 bits per heavy atom. The zero-order valence-electron chi connectivity index (χ0n) is 10.6. The predicted molar refractivity (Wildman–Crippen MR) is 63.4 cm³/mol. The molecular weight excluding hydrogens is 218 g/mol. The molecule has 1 aliphatic heterocycles. The fourth-order valence-electron chi connectivity index (χ4n) is 2.27. The topological polar surface area (TPSA) is 62.4 Å². The molecule has 1 aromatic rings. The minimum Gasteiger partial charge on any atom is -0.393 e. The van der Waals surface area contributed by atoms with Crippen LogP contribution in [0.25, 0.3) is 0 Å². The van der Waals surface area contributed by atoms with Crippen molar-refractivity contribution in [2.45, 2.75) is 45.8 Å². The van der Waals surface area contributed by atoms with E-state index in [1.807, 2.05) is 6.92 Å². The predicted octanol–water partition coefficient (Wildman–Crippen LogP) is 1.22. The summed E-state index contributed by atoms with van der Waals surface area (Å²) in [4.78, 5) is 6.62. The average Bonchev–Trinajstić information content (AvgIpc) is 2.89. The van der Waals surface area contributed by atoms with Gasteiger partial charge in [0.05, 0.1) is 12.6 Å². The van der Waals surface area contributed by atoms with Gasteiger partial charge in [-0.05, 0) is 32.2 Å². The summed E-state index contributed by atoms with van der Waals surface area (Å²) in [5, 5.41) is 13.5. The lowest BCUT2D eigenvalue weighted by molar-refractivity contribution is 0.125. The van der Waals surface area contributed by atoms with Crippen molar-refractivity contribution < 1.29 is 9.63 Å². The van der Waals surface area contributed by atoms with Gasteiger partial charge in [-0.15, -0.1) is 0 Å². The second-order valence-electron chi connectivity index (χ2n) is 4.88. The Kier molecular flexibility index (Phi) is 4.12. The van der Waals surface area contributed by atoms with Crippen LogP contribution in [0.3, 0.4) is 0 Å². The van der Waals surface area contributed by atoms with Gasteiger partial charge in [-0.2, -0.15) is 4.98 Å². The van der Waals surface area contributed by atoms with Gasteiger partial charge in [0.1, 0.15) is 0 Å². The maximum absolute atomic E-state index is 9.53. The molecular formula is C12H21N3O2. The van der Waals surface area contributed by atoms with E-state index in [1.165, 1.54) is 0 Å². The lowest BCUT2D eigenvalue weighted by atomic mass is 10.0. The van der Waals surface area contributed by atoms with Crippen molar-refractivity contribution in [2.75, 3.05) is 13.1 Å². The number of aryl methyl sites for hydroxylation is 1. The maximum atomic E-state index is 9.53. The number of aromatic nitrogens is 2. The molecule has 0 radical (unpaired) electrons. The largest absolute Gasteiger partial charge is 0.393 e. The molecule has 17 heavy (non-hydrogen) atoms. The van der Waals surface area contributed by atoms with Gasteiger partial charge >= 0.3 is 0 Å². The number of rotatable bonds is 5. The average molecular weight is 239 g/mol. The molecule has 5 heteroatoms. The third-order valence-corrected chi connectivity index (χ3v) is 3.33. The van der Waals surface area contributed by atoms with E-state index in [1.54, 1.807) is 0 Å². The van der Waals surface area contributed by atoms with Crippen LogP contribution in [-0.2, 0) is 13.0 Å². The number of hydrogen-bond acceptors (Lipinski definition) is 5. The van der Waals surface area contributed by atoms with E-state index in [2.05, 4.69) is 22.0 Å². The zero-order valence-corrected chi connectivity index (χ0v) is 10.6. The Balaban J connectivity index is 1.84. The van der Waals surface area contributed by atoms with Gasteiger partial charge in [0.2, 0.25) is 5.89 Å². The highest BCUT2D eigenvalue weighted by atomic mass is 16.5. The van der Waals surface area contributed by atoms with Crippen LogP contribution in [0.5, 0.6) is 0 Å². The van der Waals surface area contributed by atoms with Gasteiger partial charge in [0.25, 0.3) is 0 Å². The van der Waals surface area contributed by atoms with Gasteiger partial charge < -0.3 is 9.63 Å². The quantitative estimate of drug-likeness (QED) is 0.837. The molecule has 1 aliphatic rings. The third kappa shape index (κ3) is 3.26. The zero-order chi connectivity index (χ0) is 12.3. The summed E-state index contributed by atoms with van der Waals surface area (Å²) in [6, 6.07) is 0. The molecule has 1 saturated heterocycles. The molecule has 0 saturated carbocycles. The smallest absolute Gasteiger partial charge is 0.240 e. The van der Waals surface area contributed by atoms with Gasteiger partial charge in [-0.25, -0.2) is 0 Å². The number of aliphatic hydroxyl groups is 1. The van der Waals surface area contributed by atoms with Crippen LogP contribution >= 0.6 is 0 Å². The molecule has 1 fully saturated rings.